The number of piperidine rings is 1. The van der Waals surface area contributed by atoms with Gasteiger partial charge < -0.3 is 10.2 Å². The third-order valence-corrected chi connectivity index (χ3v) is 5.24. The Bertz CT molecular complexity index is 450. The van der Waals surface area contributed by atoms with Gasteiger partial charge in [0.05, 0.1) is 4.88 Å². The van der Waals surface area contributed by atoms with Gasteiger partial charge in [0.1, 0.15) is 0 Å². The lowest BCUT2D eigenvalue weighted by molar-refractivity contribution is 0.0709. The maximum Gasteiger partial charge on any atom is 0.264 e. The number of hydrogen-bond acceptors (Lipinski definition) is 3. The van der Waals surface area contributed by atoms with Crippen LogP contribution in [0.2, 0.25) is 0 Å². The molecule has 5 heteroatoms. The molecule has 2 heterocycles. The molecular weight excluding hydrogens is 292 g/mol. The second-order valence-electron chi connectivity index (χ2n) is 5.85. The van der Waals surface area contributed by atoms with Gasteiger partial charge in [-0.3, -0.25) is 4.79 Å². The number of carbonyl (C=O) groups excluding carboxylic acids is 1. The van der Waals surface area contributed by atoms with Crippen LogP contribution in [0, 0.1) is 12.8 Å². The van der Waals surface area contributed by atoms with Crippen LogP contribution in [0.25, 0.3) is 0 Å². The van der Waals surface area contributed by atoms with Gasteiger partial charge in [0.25, 0.3) is 5.91 Å². The summed E-state index contributed by atoms with van der Waals surface area (Å²) in [5.74, 6) is 1.17. The quantitative estimate of drug-likeness (QED) is 0.926. The molecule has 3 nitrogen and oxygen atoms in total. The molecule has 0 unspecified atom stereocenters. The molecule has 2 aliphatic rings. The van der Waals surface area contributed by atoms with Crippen molar-refractivity contribution in [1.82, 2.24) is 10.2 Å². The Kier molecular flexibility index (Phi) is 5.47. The van der Waals surface area contributed by atoms with E-state index >= 15 is 0 Å². The molecule has 1 amide bonds. The van der Waals surface area contributed by atoms with Gasteiger partial charge in [-0.1, -0.05) is 0 Å². The summed E-state index contributed by atoms with van der Waals surface area (Å²) in [6.07, 6.45) is 5.01. The van der Waals surface area contributed by atoms with Crippen molar-refractivity contribution in [2.75, 3.05) is 19.6 Å². The van der Waals surface area contributed by atoms with Crippen LogP contribution in [0.15, 0.2) is 11.4 Å². The largest absolute Gasteiger partial charge is 0.338 e. The number of likely N-dealkylation sites (tertiary alicyclic amines) is 1. The first-order valence-corrected chi connectivity index (χ1v) is 8.19. The Labute approximate surface area is 131 Å². The van der Waals surface area contributed by atoms with Crippen LogP contribution < -0.4 is 5.32 Å². The Morgan fingerprint density at radius 2 is 2.05 bits per heavy atom. The van der Waals surface area contributed by atoms with Gasteiger partial charge in [0.2, 0.25) is 0 Å². The summed E-state index contributed by atoms with van der Waals surface area (Å²) in [5.41, 5.74) is 1.11. The molecule has 112 valence electrons. The van der Waals surface area contributed by atoms with E-state index in [2.05, 4.69) is 5.32 Å². The van der Waals surface area contributed by atoms with E-state index in [1.54, 1.807) is 11.3 Å². The number of amides is 1. The predicted molar refractivity (Wildman–Crippen MR) is 86.0 cm³/mol. The van der Waals surface area contributed by atoms with Crippen LogP contribution in [0.3, 0.4) is 0 Å². The van der Waals surface area contributed by atoms with Crippen LogP contribution in [0.1, 0.15) is 40.9 Å². The predicted octanol–water partition coefficient (Wildman–Crippen LogP) is 3.08. The minimum absolute atomic E-state index is 0. The highest BCUT2D eigenvalue weighted by atomic mass is 35.5. The van der Waals surface area contributed by atoms with E-state index in [1.807, 2.05) is 23.3 Å². The van der Waals surface area contributed by atoms with Crippen LogP contribution in [0.5, 0.6) is 0 Å². The molecule has 20 heavy (non-hydrogen) atoms. The van der Waals surface area contributed by atoms with E-state index in [-0.39, 0.29) is 18.3 Å². The summed E-state index contributed by atoms with van der Waals surface area (Å²) >= 11 is 1.57. The summed E-state index contributed by atoms with van der Waals surface area (Å²) in [5, 5.41) is 5.66. The summed E-state index contributed by atoms with van der Waals surface area (Å²) in [4.78, 5) is 15.3. The van der Waals surface area contributed by atoms with Crippen molar-refractivity contribution in [3.8, 4) is 0 Å². The Hall–Kier alpha value is -0.580. The first-order valence-electron chi connectivity index (χ1n) is 7.31. The van der Waals surface area contributed by atoms with Crippen LogP contribution in [-0.4, -0.2) is 36.5 Å². The molecule has 1 saturated heterocycles. The van der Waals surface area contributed by atoms with Crippen molar-refractivity contribution in [2.24, 2.45) is 5.92 Å². The maximum absolute atomic E-state index is 12.4. The molecule has 1 aliphatic carbocycles. The molecular formula is C15H23ClN2OS. The Morgan fingerprint density at radius 3 is 2.60 bits per heavy atom. The maximum atomic E-state index is 12.4. The van der Waals surface area contributed by atoms with Gasteiger partial charge >= 0.3 is 0 Å². The van der Waals surface area contributed by atoms with Gasteiger partial charge in [0, 0.05) is 19.1 Å². The smallest absolute Gasteiger partial charge is 0.264 e. The van der Waals surface area contributed by atoms with Gasteiger partial charge in [-0.2, -0.15) is 0 Å². The second-order valence-corrected chi connectivity index (χ2v) is 6.77. The lowest BCUT2D eigenvalue weighted by Gasteiger charge is -2.32. The number of halogens is 1. The number of aryl methyl sites for hydroxylation is 1. The zero-order valence-corrected chi connectivity index (χ0v) is 13.6. The number of nitrogens with zero attached hydrogens (tertiary/aromatic N) is 1. The molecule has 2 fully saturated rings. The second kappa shape index (κ2) is 6.92. The Morgan fingerprint density at radius 1 is 1.35 bits per heavy atom. The summed E-state index contributed by atoms with van der Waals surface area (Å²) in [7, 11) is 0. The zero-order valence-electron chi connectivity index (χ0n) is 11.9. The average Bonchev–Trinajstić information content (AvgIpc) is 3.17. The fraction of sp³-hybridized carbons (Fsp3) is 0.667. The first kappa shape index (κ1) is 15.8. The van der Waals surface area contributed by atoms with E-state index in [9.17, 15) is 4.79 Å². The topological polar surface area (TPSA) is 32.3 Å². The SMILES string of the molecule is Cc1ccsc1C(=O)N1CCC(NCC2CC2)CC1.Cl. The minimum atomic E-state index is 0. The monoisotopic (exact) mass is 314 g/mol. The summed E-state index contributed by atoms with van der Waals surface area (Å²) < 4.78 is 0. The number of carbonyl (C=O) groups is 1. The fourth-order valence-corrected chi connectivity index (χ4v) is 3.57. The van der Waals surface area contributed by atoms with E-state index in [1.165, 1.54) is 19.4 Å². The minimum Gasteiger partial charge on any atom is -0.338 e. The van der Waals surface area contributed by atoms with Crippen molar-refractivity contribution in [2.45, 2.75) is 38.6 Å². The molecule has 0 bridgehead atoms. The van der Waals surface area contributed by atoms with Crippen molar-refractivity contribution in [3.05, 3.63) is 21.9 Å². The van der Waals surface area contributed by atoms with Crippen LogP contribution in [-0.2, 0) is 0 Å². The van der Waals surface area contributed by atoms with Crippen molar-refractivity contribution in [1.29, 1.82) is 0 Å². The standard InChI is InChI=1S/C15H22N2OS.ClH/c1-11-6-9-19-14(11)15(18)17-7-4-13(5-8-17)16-10-12-2-3-12;/h6,9,12-13,16H,2-5,7-8,10H2,1H3;1H. The number of thiophene rings is 1. The highest BCUT2D eigenvalue weighted by Crippen LogP contribution is 2.28. The first-order chi connectivity index (χ1) is 9.24. The van der Waals surface area contributed by atoms with Gasteiger partial charge in [-0.05, 0) is 62.1 Å². The van der Waals surface area contributed by atoms with Crippen molar-refractivity contribution < 1.29 is 4.79 Å². The van der Waals surface area contributed by atoms with Crippen LogP contribution >= 0.6 is 23.7 Å². The van der Waals surface area contributed by atoms with Crippen molar-refractivity contribution >= 4 is 29.7 Å². The average molecular weight is 315 g/mol. The molecule has 1 aromatic rings. The van der Waals surface area contributed by atoms with Gasteiger partial charge in [0.15, 0.2) is 0 Å². The number of hydrogen-bond donors (Lipinski definition) is 1. The zero-order chi connectivity index (χ0) is 13.2. The number of rotatable bonds is 4. The van der Waals surface area contributed by atoms with E-state index in [0.29, 0.717) is 6.04 Å². The highest BCUT2D eigenvalue weighted by Gasteiger charge is 2.27. The molecule has 1 aromatic heterocycles. The third-order valence-electron chi connectivity index (χ3n) is 4.23. The lowest BCUT2D eigenvalue weighted by atomic mass is 10.0. The Balaban J connectivity index is 0.00000147. The van der Waals surface area contributed by atoms with E-state index < -0.39 is 0 Å². The fourth-order valence-electron chi connectivity index (χ4n) is 2.68. The normalized spacial score (nSPS) is 19.8. The van der Waals surface area contributed by atoms with Gasteiger partial charge in [-0.25, -0.2) is 0 Å². The molecule has 0 radical (unpaired) electrons. The summed E-state index contributed by atoms with van der Waals surface area (Å²) in [6.45, 7) is 5.01. The highest BCUT2D eigenvalue weighted by molar-refractivity contribution is 7.12. The van der Waals surface area contributed by atoms with Crippen LogP contribution in [0.4, 0.5) is 0 Å². The van der Waals surface area contributed by atoms with Crippen molar-refractivity contribution in [3.63, 3.8) is 0 Å². The molecule has 0 atom stereocenters. The number of nitrogens with one attached hydrogen (secondary N) is 1. The van der Waals surface area contributed by atoms with E-state index in [4.69, 9.17) is 0 Å². The third kappa shape index (κ3) is 3.74. The molecule has 1 N–H and O–H groups in total. The lowest BCUT2D eigenvalue weighted by Crippen LogP contribution is -2.45. The molecule has 0 spiro atoms. The van der Waals surface area contributed by atoms with Gasteiger partial charge in [-0.15, -0.1) is 23.7 Å². The molecule has 0 aromatic carbocycles. The molecule has 1 saturated carbocycles. The molecule has 3 rings (SSSR count). The summed E-state index contributed by atoms with van der Waals surface area (Å²) in [6, 6.07) is 2.65. The molecule has 1 aliphatic heterocycles. The van der Waals surface area contributed by atoms with E-state index in [0.717, 1.165) is 42.3 Å².